The number of ether oxygens (including phenoxy) is 1. The van der Waals surface area contributed by atoms with Crippen LogP contribution in [0.1, 0.15) is 44.7 Å². The molecule has 0 spiro atoms. The van der Waals surface area contributed by atoms with Gasteiger partial charge in [0, 0.05) is 23.7 Å². The van der Waals surface area contributed by atoms with Crippen molar-refractivity contribution in [3.63, 3.8) is 0 Å². The summed E-state index contributed by atoms with van der Waals surface area (Å²) < 4.78 is 7.11. The zero-order valence-electron chi connectivity index (χ0n) is 13.1. The molecule has 1 aromatic carbocycles. The standard InChI is InChI=1S/C17H27BrN2O/c1-3-11-21-14-7-6-10-20(12-14)17(13(2)19)15-8-4-5-9-16(15)18/h4-5,8-9,13-14,17H,3,6-7,10-12,19H2,1-2H3. The predicted molar refractivity (Wildman–Crippen MR) is 91.4 cm³/mol. The van der Waals surface area contributed by atoms with Crippen molar-refractivity contribution >= 4 is 15.9 Å². The highest BCUT2D eigenvalue weighted by atomic mass is 79.9. The van der Waals surface area contributed by atoms with Gasteiger partial charge in [0.15, 0.2) is 0 Å². The molecule has 0 radical (unpaired) electrons. The van der Waals surface area contributed by atoms with Crippen LogP contribution < -0.4 is 5.73 Å². The van der Waals surface area contributed by atoms with E-state index >= 15 is 0 Å². The monoisotopic (exact) mass is 354 g/mol. The van der Waals surface area contributed by atoms with E-state index in [9.17, 15) is 0 Å². The van der Waals surface area contributed by atoms with Gasteiger partial charge in [0.05, 0.1) is 12.1 Å². The molecule has 2 rings (SSSR count). The number of nitrogens with two attached hydrogens (primary N) is 1. The van der Waals surface area contributed by atoms with Crippen LogP contribution in [-0.2, 0) is 4.74 Å². The second kappa shape index (κ2) is 8.28. The van der Waals surface area contributed by atoms with Crippen LogP contribution in [0.4, 0.5) is 0 Å². The van der Waals surface area contributed by atoms with Crippen LogP contribution in [0.5, 0.6) is 0 Å². The number of hydrogen-bond acceptors (Lipinski definition) is 3. The van der Waals surface area contributed by atoms with Crippen molar-refractivity contribution in [2.24, 2.45) is 5.73 Å². The molecule has 1 saturated heterocycles. The molecule has 3 atom stereocenters. The molecule has 0 bridgehead atoms. The Kier molecular flexibility index (Phi) is 6.68. The average Bonchev–Trinajstić information content (AvgIpc) is 2.47. The minimum atomic E-state index is 0.0913. The highest BCUT2D eigenvalue weighted by molar-refractivity contribution is 9.10. The number of hydrogen-bond donors (Lipinski definition) is 1. The Balaban J connectivity index is 2.13. The smallest absolute Gasteiger partial charge is 0.0702 e. The van der Waals surface area contributed by atoms with Gasteiger partial charge in [-0.15, -0.1) is 0 Å². The summed E-state index contributed by atoms with van der Waals surface area (Å²) in [5.74, 6) is 0. The van der Waals surface area contributed by atoms with E-state index in [4.69, 9.17) is 10.5 Å². The maximum absolute atomic E-state index is 6.31. The summed E-state index contributed by atoms with van der Waals surface area (Å²) >= 11 is 3.68. The van der Waals surface area contributed by atoms with Gasteiger partial charge in [0.2, 0.25) is 0 Å². The molecule has 118 valence electrons. The number of nitrogens with zero attached hydrogens (tertiary/aromatic N) is 1. The Hall–Kier alpha value is -0.420. The number of likely N-dealkylation sites (tertiary alicyclic amines) is 1. The first-order chi connectivity index (χ1) is 10.1. The Morgan fingerprint density at radius 1 is 1.43 bits per heavy atom. The van der Waals surface area contributed by atoms with Gasteiger partial charge in [-0.2, -0.15) is 0 Å². The number of rotatable bonds is 6. The van der Waals surface area contributed by atoms with Crippen molar-refractivity contribution in [3.05, 3.63) is 34.3 Å². The third-order valence-corrected chi connectivity index (χ3v) is 4.80. The molecular weight excluding hydrogens is 328 g/mol. The zero-order chi connectivity index (χ0) is 15.2. The lowest BCUT2D eigenvalue weighted by atomic mass is 9.96. The topological polar surface area (TPSA) is 38.5 Å². The normalized spacial score (nSPS) is 23.0. The molecule has 0 aromatic heterocycles. The van der Waals surface area contributed by atoms with E-state index in [-0.39, 0.29) is 12.1 Å². The summed E-state index contributed by atoms with van der Waals surface area (Å²) in [4.78, 5) is 2.49. The van der Waals surface area contributed by atoms with E-state index < -0.39 is 0 Å². The van der Waals surface area contributed by atoms with Crippen molar-refractivity contribution in [1.82, 2.24) is 4.90 Å². The summed E-state index contributed by atoms with van der Waals surface area (Å²) in [6.45, 7) is 7.19. The van der Waals surface area contributed by atoms with Crippen molar-refractivity contribution in [1.29, 1.82) is 0 Å². The van der Waals surface area contributed by atoms with Gasteiger partial charge in [-0.05, 0) is 44.4 Å². The van der Waals surface area contributed by atoms with Gasteiger partial charge >= 0.3 is 0 Å². The first-order valence-electron chi connectivity index (χ1n) is 7.99. The average molecular weight is 355 g/mol. The first-order valence-corrected chi connectivity index (χ1v) is 8.78. The Morgan fingerprint density at radius 2 is 2.19 bits per heavy atom. The third kappa shape index (κ3) is 4.52. The number of piperidine rings is 1. The van der Waals surface area contributed by atoms with Crippen LogP contribution in [0.15, 0.2) is 28.7 Å². The summed E-state index contributed by atoms with van der Waals surface area (Å²) in [7, 11) is 0. The third-order valence-electron chi connectivity index (χ3n) is 4.08. The fraction of sp³-hybridized carbons (Fsp3) is 0.647. The van der Waals surface area contributed by atoms with Crippen LogP contribution in [0.3, 0.4) is 0 Å². The van der Waals surface area contributed by atoms with Crippen molar-refractivity contribution in [2.75, 3.05) is 19.7 Å². The van der Waals surface area contributed by atoms with Crippen LogP contribution in [-0.4, -0.2) is 36.7 Å². The number of halogens is 1. The lowest BCUT2D eigenvalue weighted by Gasteiger charge is -2.40. The summed E-state index contributed by atoms with van der Waals surface area (Å²) in [6.07, 6.45) is 3.78. The highest BCUT2D eigenvalue weighted by Gasteiger charge is 2.30. The molecule has 21 heavy (non-hydrogen) atoms. The summed E-state index contributed by atoms with van der Waals surface area (Å²) in [5, 5.41) is 0. The van der Waals surface area contributed by atoms with Crippen molar-refractivity contribution in [2.45, 2.75) is 51.3 Å². The maximum atomic E-state index is 6.31. The molecule has 4 heteroatoms. The molecule has 1 heterocycles. The molecule has 3 unspecified atom stereocenters. The van der Waals surface area contributed by atoms with E-state index in [0.29, 0.717) is 6.10 Å². The minimum absolute atomic E-state index is 0.0913. The first kappa shape index (κ1) is 16.9. The molecule has 1 aromatic rings. The fourth-order valence-electron chi connectivity index (χ4n) is 3.17. The van der Waals surface area contributed by atoms with Gasteiger partial charge < -0.3 is 10.5 Å². The minimum Gasteiger partial charge on any atom is -0.377 e. The van der Waals surface area contributed by atoms with E-state index in [1.807, 2.05) is 0 Å². The van der Waals surface area contributed by atoms with E-state index in [2.05, 4.69) is 58.9 Å². The van der Waals surface area contributed by atoms with Crippen LogP contribution in [0.25, 0.3) is 0 Å². The van der Waals surface area contributed by atoms with E-state index in [0.717, 1.165) is 37.0 Å². The van der Waals surface area contributed by atoms with Crippen LogP contribution in [0, 0.1) is 0 Å². The largest absolute Gasteiger partial charge is 0.377 e. The Bertz CT molecular complexity index is 439. The molecule has 0 saturated carbocycles. The van der Waals surface area contributed by atoms with Crippen LogP contribution in [0.2, 0.25) is 0 Å². The lowest BCUT2D eigenvalue weighted by molar-refractivity contribution is -0.0156. The van der Waals surface area contributed by atoms with Gasteiger partial charge in [0.25, 0.3) is 0 Å². The predicted octanol–water partition coefficient (Wildman–Crippen LogP) is 3.73. The molecule has 2 N–H and O–H groups in total. The van der Waals surface area contributed by atoms with Crippen molar-refractivity contribution in [3.8, 4) is 0 Å². The fourth-order valence-corrected chi connectivity index (χ4v) is 3.69. The summed E-state index contributed by atoms with van der Waals surface area (Å²) in [5.41, 5.74) is 7.59. The zero-order valence-corrected chi connectivity index (χ0v) is 14.7. The van der Waals surface area contributed by atoms with Gasteiger partial charge in [0.1, 0.15) is 0 Å². The highest BCUT2D eigenvalue weighted by Crippen LogP contribution is 2.32. The summed E-state index contributed by atoms with van der Waals surface area (Å²) in [6, 6.07) is 8.75. The van der Waals surface area contributed by atoms with Crippen molar-refractivity contribution < 1.29 is 4.74 Å². The number of benzene rings is 1. The molecule has 1 aliphatic heterocycles. The van der Waals surface area contributed by atoms with Gasteiger partial charge in [-0.25, -0.2) is 0 Å². The SMILES string of the molecule is CCCOC1CCCN(C(c2ccccc2Br)C(C)N)C1. The Labute approximate surface area is 137 Å². The molecular formula is C17H27BrN2O. The molecule has 0 amide bonds. The molecule has 1 aliphatic rings. The molecule has 3 nitrogen and oxygen atoms in total. The van der Waals surface area contributed by atoms with Gasteiger partial charge in [-0.1, -0.05) is 41.1 Å². The Morgan fingerprint density at radius 3 is 2.86 bits per heavy atom. The quantitative estimate of drug-likeness (QED) is 0.845. The van der Waals surface area contributed by atoms with E-state index in [1.165, 1.54) is 12.0 Å². The molecule has 1 fully saturated rings. The second-order valence-corrected chi connectivity index (χ2v) is 6.81. The van der Waals surface area contributed by atoms with Gasteiger partial charge in [-0.3, -0.25) is 4.90 Å². The maximum Gasteiger partial charge on any atom is 0.0702 e. The lowest BCUT2D eigenvalue weighted by Crippen LogP contribution is -2.47. The van der Waals surface area contributed by atoms with E-state index in [1.54, 1.807) is 0 Å². The second-order valence-electron chi connectivity index (χ2n) is 5.96. The molecule has 0 aliphatic carbocycles. The van der Waals surface area contributed by atoms with Crippen LogP contribution >= 0.6 is 15.9 Å².